The summed E-state index contributed by atoms with van der Waals surface area (Å²) in [7, 11) is 0. The summed E-state index contributed by atoms with van der Waals surface area (Å²) >= 11 is 0. The van der Waals surface area contributed by atoms with E-state index in [9.17, 15) is 0 Å². The van der Waals surface area contributed by atoms with Gasteiger partial charge in [0.15, 0.2) is 5.58 Å². The van der Waals surface area contributed by atoms with Gasteiger partial charge in [-0.15, -0.1) is 0 Å². The van der Waals surface area contributed by atoms with Crippen LogP contribution in [-0.2, 0) is 6.42 Å². The maximum Gasteiger partial charge on any atom is 0.307 e. The largest absolute Gasteiger partial charge is 0.423 e. The van der Waals surface area contributed by atoms with Crippen molar-refractivity contribution < 1.29 is 4.42 Å². The number of fused-ring (bicyclic) bond motifs is 4. The molecule has 0 aliphatic heterocycles. The van der Waals surface area contributed by atoms with Gasteiger partial charge in [0, 0.05) is 10.8 Å². The summed E-state index contributed by atoms with van der Waals surface area (Å²) in [5.74, 6) is 0. The highest BCUT2D eigenvalue weighted by atomic mass is 16.4. The van der Waals surface area contributed by atoms with Crippen molar-refractivity contribution in [3.63, 3.8) is 0 Å². The first kappa shape index (κ1) is 23.5. The summed E-state index contributed by atoms with van der Waals surface area (Å²) in [5.41, 5.74) is 14.0. The van der Waals surface area contributed by atoms with Crippen molar-refractivity contribution in [3.8, 4) is 28.3 Å². The lowest BCUT2D eigenvalue weighted by Gasteiger charge is -2.12. The lowest BCUT2D eigenvalue weighted by Crippen LogP contribution is -1.94. The molecule has 0 saturated carbocycles. The first-order valence-electron chi connectivity index (χ1n) is 13.6. The number of aromatic nitrogens is 2. The van der Waals surface area contributed by atoms with E-state index in [1.807, 2.05) is 24.3 Å². The van der Waals surface area contributed by atoms with Crippen LogP contribution in [0.25, 0.3) is 61.2 Å². The quantitative estimate of drug-likeness (QED) is 0.238. The molecule has 3 nitrogen and oxygen atoms in total. The Balaban J connectivity index is 1.51. The number of hydrogen-bond acceptors (Lipinski definition) is 2. The predicted molar refractivity (Wildman–Crippen MR) is 163 cm³/mol. The van der Waals surface area contributed by atoms with E-state index in [1.54, 1.807) is 0 Å². The Morgan fingerprint density at radius 1 is 0.667 bits per heavy atom. The highest BCUT2D eigenvalue weighted by molar-refractivity contribution is 6.11. The van der Waals surface area contributed by atoms with Gasteiger partial charge in [0.1, 0.15) is 5.52 Å². The number of nitrogens with zero attached hydrogens (tertiary/aromatic N) is 2. The smallest absolute Gasteiger partial charge is 0.307 e. The Hall–Kier alpha value is -4.63. The van der Waals surface area contributed by atoms with Crippen LogP contribution in [0.15, 0.2) is 101 Å². The van der Waals surface area contributed by atoms with Crippen molar-refractivity contribution in [1.29, 1.82) is 0 Å². The lowest BCUT2D eigenvalue weighted by atomic mass is 9.93. The van der Waals surface area contributed by atoms with E-state index in [-0.39, 0.29) is 0 Å². The molecule has 7 rings (SSSR count). The Morgan fingerprint density at radius 2 is 1.28 bits per heavy atom. The third-order valence-electron chi connectivity index (χ3n) is 7.90. The number of rotatable bonds is 4. The molecule has 0 atom stereocenters. The molecule has 0 N–H and O–H groups in total. The minimum absolute atomic E-state index is 0.590. The van der Waals surface area contributed by atoms with Gasteiger partial charge in [0.2, 0.25) is 0 Å². The fourth-order valence-electron chi connectivity index (χ4n) is 6.09. The van der Waals surface area contributed by atoms with E-state index in [0.717, 1.165) is 28.6 Å². The van der Waals surface area contributed by atoms with E-state index < -0.39 is 0 Å². The van der Waals surface area contributed by atoms with Gasteiger partial charge in [0.05, 0.1) is 11.0 Å². The Bertz CT molecular complexity index is 1970. The molecule has 0 spiro atoms. The van der Waals surface area contributed by atoms with Gasteiger partial charge in [0.25, 0.3) is 0 Å². The molecule has 0 unspecified atom stereocenters. The first-order valence-corrected chi connectivity index (χ1v) is 13.6. The molecule has 0 aliphatic carbocycles. The molecular weight excluding hydrogens is 476 g/mol. The van der Waals surface area contributed by atoms with Crippen LogP contribution in [0.2, 0.25) is 0 Å². The van der Waals surface area contributed by atoms with Crippen molar-refractivity contribution in [2.45, 2.75) is 34.1 Å². The molecule has 190 valence electrons. The molecule has 2 heterocycles. The summed E-state index contributed by atoms with van der Waals surface area (Å²) in [6, 6.07) is 35.5. The summed E-state index contributed by atoms with van der Waals surface area (Å²) in [6.07, 6.45) is 1.04. The topological polar surface area (TPSA) is 31.0 Å². The summed E-state index contributed by atoms with van der Waals surface area (Å²) in [5, 5.41) is 2.38. The van der Waals surface area contributed by atoms with Crippen molar-refractivity contribution in [2.75, 3.05) is 0 Å². The molecule has 0 amide bonds. The van der Waals surface area contributed by atoms with Crippen molar-refractivity contribution in [1.82, 2.24) is 9.55 Å². The zero-order chi connectivity index (χ0) is 26.7. The average Bonchev–Trinajstić information content (AvgIpc) is 3.51. The van der Waals surface area contributed by atoms with Crippen LogP contribution < -0.4 is 0 Å². The van der Waals surface area contributed by atoms with Gasteiger partial charge in [-0.05, 0) is 103 Å². The fourth-order valence-corrected chi connectivity index (χ4v) is 6.09. The Kier molecular flexibility index (Phi) is 5.41. The molecule has 39 heavy (non-hydrogen) atoms. The monoisotopic (exact) mass is 506 g/mol. The molecule has 0 bridgehead atoms. The van der Waals surface area contributed by atoms with Crippen LogP contribution in [0, 0.1) is 20.8 Å². The summed E-state index contributed by atoms with van der Waals surface area (Å²) in [4.78, 5) is 4.87. The molecule has 0 radical (unpaired) electrons. The minimum Gasteiger partial charge on any atom is -0.423 e. The highest BCUT2D eigenvalue weighted by Crippen LogP contribution is 2.39. The average molecular weight is 507 g/mol. The zero-order valence-corrected chi connectivity index (χ0v) is 22.7. The van der Waals surface area contributed by atoms with Gasteiger partial charge in [-0.3, -0.25) is 4.57 Å². The van der Waals surface area contributed by atoms with E-state index in [1.165, 1.54) is 55.3 Å². The van der Waals surface area contributed by atoms with Gasteiger partial charge < -0.3 is 4.42 Å². The number of hydrogen-bond donors (Lipinski definition) is 0. The predicted octanol–water partition coefficient (Wildman–Crippen LogP) is 9.75. The van der Waals surface area contributed by atoms with Crippen LogP contribution in [-0.4, -0.2) is 9.55 Å². The maximum absolute atomic E-state index is 6.29. The molecular formula is C36H30N2O. The minimum atomic E-state index is 0.590. The van der Waals surface area contributed by atoms with Crippen LogP contribution in [0.3, 0.4) is 0 Å². The first-order chi connectivity index (χ1) is 19.0. The standard InChI is InChI=1S/C36H30N2O/c1-5-25-10-12-26(13-11-25)27-14-16-32-29(20-27)30-21-28(35-23(3)18-22(2)19-24(35)4)15-17-33(30)38(32)36-37-31-8-6-7-9-34(31)39-36/h6-21H,5H2,1-4H3. The molecule has 2 aromatic heterocycles. The molecule has 3 heteroatoms. The SMILES string of the molecule is CCc1ccc(-c2ccc3c(c2)c2cc(-c4c(C)cc(C)cc4C)ccc2n3-c2nc3ccccc3o2)cc1. The highest BCUT2D eigenvalue weighted by Gasteiger charge is 2.19. The van der Waals surface area contributed by atoms with Crippen molar-refractivity contribution >= 4 is 32.9 Å². The van der Waals surface area contributed by atoms with Gasteiger partial charge in [-0.25, -0.2) is 0 Å². The third-order valence-corrected chi connectivity index (χ3v) is 7.90. The fraction of sp³-hybridized carbons (Fsp3) is 0.139. The van der Waals surface area contributed by atoms with Crippen molar-refractivity contribution in [2.24, 2.45) is 0 Å². The Morgan fingerprint density at radius 3 is 1.95 bits per heavy atom. The van der Waals surface area contributed by atoms with Crippen LogP contribution in [0.5, 0.6) is 0 Å². The number of aryl methyl sites for hydroxylation is 4. The molecule has 0 saturated heterocycles. The molecule has 0 aliphatic rings. The molecule has 0 fully saturated rings. The zero-order valence-electron chi connectivity index (χ0n) is 22.7. The number of oxazole rings is 1. The number of benzene rings is 5. The normalized spacial score (nSPS) is 11.7. The molecule has 7 aromatic rings. The van der Waals surface area contributed by atoms with E-state index in [4.69, 9.17) is 9.40 Å². The van der Waals surface area contributed by atoms with Gasteiger partial charge >= 0.3 is 6.01 Å². The molecule has 5 aromatic carbocycles. The van der Waals surface area contributed by atoms with E-state index in [0.29, 0.717) is 6.01 Å². The maximum atomic E-state index is 6.29. The van der Waals surface area contributed by atoms with Gasteiger partial charge in [-0.2, -0.15) is 4.98 Å². The van der Waals surface area contributed by atoms with Crippen LogP contribution >= 0.6 is 0 Å². The van der Waals surface area contributed by atoms with E-state index >= 15 is 0 Å². The summed E-state index contributed by atoms with van der Waals surface area (Å²) < 4.78 is 8.45. The van der Waals surface area contributed by atoms with E-state index in [2.05, 4.69) is 105 Å². The number of para-hydroxylation sites is 2. The second-order valence-corrected chi connectivity index (χ2v) is 10.6. The lowest BCUT2D eigenvalue weighted by molar-refractivity contribution is 0.574. The van der Waals surface area contributed by atoms with Crippen LogP contribution in [0.4, 0.5) is 0 Å². The second-order valence-electron chi connectivity index (χ2n) is 10.6. The van der Waals surface area contributed by atoms with Crippen LogP contribution in [0.1, 0.15) is 29.2 Å². The van der Waals surface area contributed by atoms with Crippen molar-refractivity contribution in [3.05, 3.63) is 119 Å². The Labute approximate surface area is 228 Å². The summed E-state index contributed by atoms with van der Waals surface area (Å²) in [6.45, 7) is 8.77. The van der Waals surface area contributed by atoms with Gasteiger partial charge in [-0.1, -0.05) is 73.2 Å². The third kappa shape index (κ3) is 3.85. The second kappa shape index (κ2) is 8.99.